The molecule has 0 aliphatic carbocycles. The molecule has 1 N–H and O–H groups in total. The van der Waals surface area contributed by atoms with Gasteiger partial charge in [-0.05, 0) is 29.1 Å². The van der Waals surface area contributed by atoms with Gasteiger partial charge in [0.05, 0.1) is 16.5 Å². The molecule has 1 aromatic carbocycles. The Morgan fingerprint density at radius 1 is 1.29 bits per heavy atom. The van der Waals surface area contributed by atoms with Crippen molar-refractivity contribution in [2.45, 2.75) is 6.54 Å². The van der Waals surface area contributed by atoms with Crippen LogP contribution in [0, 0.1) is 11.3 Å². The molecule has 17 heavy (non-hydrogen) atoms. The minimum absolute atomic E-state index is 0.0654. The fourth-order valence-electron chi connectivity index (χ4n) is 1.37. The van der Waals surface area contributed by atoms with Crippen molar-refractivity contribution in [2.24, 2.45) is 0 Å². The normalized spacial score (nSPS) is 9.59. The van der Waals surface area contributed by atoms with E-state index in [0.717, 1.165) is 5.56 Å². The van der Waals surface area contributed by atoms with E-state index in [1.54, 1.807) is 18.2 Å². The first-order valence-corrected chi connectivity index (χ1v) is 5.98. The number of carbonyl (C=O) groups excluding carboxylic acids is 1. The van der Waals surface area contributed by atoms with Crippen LogP contribution in [0.2, 0.25) is 0 Å². The summed E-state index contributed by atoms with van der Waals surface area (Å²) < 4.78 is 0. The molecule has 4 heteroatoms. The zero-order valence-electron chi connectivity index (χ0n) is 9.01. The van der Waals surface area contributed by atoms with Gasteiger partial charge in [-0.1, -0.05) is 18.2 Å². The molecule has 84 valence electrons. The lowest BCUT2D eigenvalue weighted by Gasteiger charge is -2.03. The van der Waals surface area contributed by atoms with Crippen LogP contribution in [-0.2, 0) is 6.54 Å². The van der Waals surface area contributed by atoms with Gasteiger partial charge in [-0.2, -0.15) is 5.26 Å². The molecule has 1 amide bonds. The smallest absolute Gasteiger partial charge is 0.261 e. The molecule has 0 bridgehead atoms. The maximum Gasteiger partial charge on any atom is 0.261 e. The van der Waals surface area contributed by atoms with E-state index in [-0.39, 0.29) is 5.91 Å². The average molecular weight is 242 g/mol. The predicted molar refractivity (Wildman–Crippen MR) is 66.6 cm³/mol. The number of benzene rings is 1. The van der Waals surface area contributed by atoms with Crippen LogP contribution in [0.25, 0.3) is 0 Å². The molecular weight excluding hydrogens is 232 g/mol. The first-order chi connectivity index (χ1) is 8.29. The first-order valence-electron chi connectivity index (χ1n) is 5.10. The van der Waals surface area contributed by atoms with Crippen molar-refractivity contribution in [3.63, 3.8) is 0 Å². The maximum absolute atomic E-state index is 11.6. The number of carbonyl (C=O) groups is 1. The van der Waals surface area contributed by atoms with E-state index in [0.29, 0.717) is 17.0 Å². The van der Waals surface area contributed by atoms with Gasteiger partial charge in [0, 0.05) is 6.54 Å². The molecule has 0 saturated heterocycles. The average Bonchev–Trinajstić information content (AvgIpc) is 2.90. The largest absolute Gasteiger partial charge is 0.347 e. The molecule has 1 aromatic heterocycles. The monoisotopic (exact) mass is 242 g/mol. The van der Waals surface area contributed by atoms with Gasteiger partial charge in [0.1, 0.15) is 0 Å². The van der Waals surface area contributed by atoms with Gasteiger partial charge in [0.15, 0.2) is 0 Å². The van der Waals surface area contributed by atoms with Gasteiger partial charge in [-0.25, -0.2) is 0 Å². The number of nitrogens with one attached hydrogen (secondary N) is 1. The second-order valence-corrected chi connectivity index (χ2v) is 4.42. The van der Waals surface area contributed by atoms with Crippen LogP contribution in [0.15, 0.2) is 41.8 Å². The van der Waals surface area contributed by atoms with E-state index in [9.17, 15) is 4.79 Å². The van der Waals surface area contributed by atoms with E-state index in [4.69, 9.17) is 5.26 Å². The Balaban J connectivity index is 1.94. The van der Waals surface area contributed by atoms with E-state index in [2.05, 4.69) is 11.4 Å². The van der Waals surface area contributed by atoms with Crippen LogP contribution in [-0.4, -0.2) is 5.91 Å². The van der Waals surface area contributed by atoms with Gasteiger partial charge in [0.25, 0.3) is 5.91 Å². The SMILES string of the molecule is N#Cc1ccc(CNC(=O)c2cccs2)cc1. The lowest BCUT2D eigenvalue weighted by atomic mass is 10.1. The van der Waals surface area contributed by atoms with Gasteiger partial charge in [-0.15, -0.1) is 11.3 Å². The second kappa shape index (κ2) is 5.28. The highest BCUT2D eigenvalue weighted by Gasteiger charge is 2.05. The van der Waals surface area contributed by atoms with Crippen molar-refractivity contribution in [2.75, 3.05) is 0 Å². The number of rotatable bonds is 3. The van der Waals surface area contributed by atoms with E-state index in [1.165, 1.54) is 11.3 Å². The second-order valence-electron chi connectivity index (χ2n) is 3.47. The topological polar surface area (TPSA) is 52.9 Å². The lowest BCUT2D eigenvalue weighted by Crippen LogP contribution is -2.21. The van der Waals surface area contributed by atoms with Crippen LogP contribution in [0.4, 0.5) is 0 Å². The number of nitriles is 1. The van der Waals surface area contributed by atoms with Gasteiger partial charge >= 0.3 is 0 Å². The number of nitrogens with zero attached hydrogens (tertiary/aromatic N) is 1. The predicted octanol–water partition coefficient (Wildman–Crippen LogP) is 2.55. The number of hydrogen-bond acceptors (Lipinski definition) is 3. The Kier molecular flexibility index (Phi) is 3.53. The summed E-state index contributed by atoms with van der Waals surface area (Å²) in [4.78, 5) is 12.4. The van der Waals surface area contributed by atoms with Crippen LogP contribution >= 0.6 is 11.3 Å². The van der Waals surface area contributed by atoms with E-state index >= 15 is 0 Å². The minimum Gasteiger partial charge on any atom is -0.347 e. The summed E-state index contributed by atoms with van der Waals surface area (Å²) in [5.74, 6) is -0.0654. The van der Waals surface area contributed by atoms with Crippen LogP contribution in [0.5, 0.6) is 0 Å². The molecular formula is C13H10N2OS. The molecule has 0 saturated carbocycles. The van der Waals surface area contributed by atoms with Crippen molar-refractivity contribution in [1.29, 1.82) is 5.26 Å². The Bertz CT molecular complexity index is 538. The highest BCUT2D eigenvalue weighted by molar-refractivity contribution is 7.12. The Labute approximate surface area is 103 Å². The standard InChI is InChI=1S/C13H10N2OS/c14-8-10-3-5-11(6-4-10)9-15-13(16)12-2-1-7-17-12/h1-7H,9H2,(H,15,16). The van der Waals surface area contributed by atoms with Crippen molar-refractivity contribution >= 4 is 17.2 Å². The van der Waals surface area contributed by atoms with E-state index in [1.807, 2.05) is 23.6 Å². The quantitative estimate of drug-likeness (QED) is 0.899. The summed E-state index contributed by atoms with van der Waals surface area (Å²) in [6.45, 7) is 0.475. The van der Waals surface area contributed by atoms with Crippen molar-refractivity contribution in [3.05, 3.63) is 57.8 Å². The molecule has 0 unspecified atom stereocenters. The fourth-order valence-corrected chi connectivity index (χ4v) is 2.01. The Morgan fingerprint density at radius 3 is 2.65 bits per heavy atom. The van der Waals surface area contributed by atoms with Gasteiger partial charge in [0.2, 0.25) is 0 Å². The zero-order chi connectivity index (χ0) is 12.1. The third-order valence-corrected chi connectivity index (χ3v) is 3.15. The highest BCUT2D eigenvalue weighted by atomic mass is 32.1. The van der Waals surface area contributed by atoms with Crippen molar-refractivity contribution < 1.29 is 4.79 Å². The lowest BCUT2D eigenvalue weighted by molar-refractivity contribution is 0.0955. The Morgan fingerprint density at radius 2 is 2.06 bits per heavy atom. The molecule has 1 heterocycles. The summed E-state index contributed by atoms with van der Waals surface area (Å²) in [5, 5.41) is 13.4. The third-order valence-electron chi connectivity index (χ3n) is 2.28. The molecule has 0 fully saturated rings. The van der Waals surface area contributed by atoms with Crippen molar-refractivity contribution in [1.82, 2.24) is 5.32 Å². The van der Waals surface area contributed by atoms with Gasteiger partial charge < -0.3 is 5.32 Å². The molecule has 0 aliphatic rings. The minimum atomic E-state index is -0.0654. The summed E-state index contributed by atoms with van der Waals surface area (Å²) in [7, 11) is 0. The fraction of sp³-hybridized carbons (Fsp3) is 0.0769. The summed E-state index contributed by atoms with van der Waals surface area (Å²) in [5.41, 5.74) is 1.60. The molecule has 0 aliphatic heterocycles. The molecule has 2 aromatic rings. The summed E-state index contributed by atoms with van der Waals surface area (Å²) >= 11 is 1.42. The number of thiophene rings is 1. The number of hydrogen-bond donors (Lipinski definition) is 1. The molecule has 0 spiro atoms. The summed E-state index contributed by atoms with van der Waals surface area (Å²) in [6.07, 6.45) is 0. The zero-order valence-corrected chi connectivity index (χ0v) is 9.83. The maximum atomic E-state index is 11.6. The van der Waals surface area contributed by atoms with Gasteiger partial charge in [-0.3, -0.25) is 4.79 Å². The highest BCUT2D eigenvalue weighted by Crippen LogP contribution is 2.08. The third kappa shape index (κ3) is 2.92. The van der Waals surface area contributed by atoms with Crippen LogP contribution in [0.1, 0.15) is 20.8 Å². The molecule has 2 rings (SSSR count). The van der Waals surface area contributed by atoms with Crippen LogP contribution < -0.4 is 5.32 Å². The Hall–Kier alpha value is -2.12. The molecule has 0 radical (unpaired) electrons. The summed E-state index contributed by atoms with van der Waals surface area (Å²) in [6, 6.07) is 12.9. The molecule has 3 nitrogen and oxygen atoms in total. The van der Waals surface area contributed by atoms with Crippen molar-refractivity contribution in [3.8, 4) is 6.07 Å². The molecule has 0 atom stereocenters. The van der Waals surface area contributed by atoms with E-state index < -0.39 is 0 Å². The first kappa shape index (κ1) is 11.4. The number of amides is 1. The van der Waals surface area contributed by atoms with Crippen LogP contribution in [0.3, 0.4) is 0 Å².